The average Bonchev–Trinajstić information content (AvgIpc) is 2.36. The third kappa shape index (κ3) is 4.45. The Balaban J connectivity index is 3.18. The van der Waals surface area contributed by atoms with E-state index in [1.807, 2.05) is 0 Å². The fourth-order valence-corrected chi connectivity index (χ4v) is 2.19. The van der Waals surface area contributed by atoms with Gasteiger partial charge in [0.05, 0.1) is 20.6 Å². The third-order valence-electron chi connectivity index (χ3n) is 2.76. The van der Waals surface area contributed by atoms with Crippen LogP contribution in [0.5, 0.6) is 11.5 Å². The van der Waals surface area contributed by atoms with Crippen molar-refractivity contribution in [3.8, 4) is 11.5 Å². The van der Waals surface area contributed by atoms with Crippen molar-refractivity contribution in [3.05, 3.63) is 22.7 Å². The number of benzene rings is 1. The lowest BCUT2D eigenvalue weighted by molar-refractivity contribution is -0.140. The summed E-state index contributed by atoms with van der Waals surface area (Å²) in [6, 6.07) is 2.00. The highest BCUT2D eigenvalue weighted by Crippen LogP contribution is 2.39. The van der Waals surface area contributed by atoms with Crippen LogP contribution in [0.15, 0.2) is 12.1 Å². The van der Waals surface area contributed by atoms with E-state index in [1.165, 1.54) is 26.4 Å². The molecule has 0 aliphatic rings. The van der Waals surface area contributed by atoms with Gasteiger partial charge in [-0.3, -0.25) is 0 Å². The monoisotopic (exact) mass is 311 g/mol. The van der Waals surface area contributed by atoms with Gasteiger partial charge >= 0.3 is 6.18 Å². The highest BCUT2D eigenvalue weighted by Gasteiger charge is 2.33. The summed E-state index contributed by atoms with van der Waals surface area (Å²) < 4.78 is 48.1. The first kappa shape index (κ1) is 16.9. The van der Waals surface area contributed by atoms with E-state index in [2.05, 4.69) is 5.32 Å². The van der Waals surface area contributed by atoms with Gasteiger partial charge in [-0.2, -0.15) is 13.2 Å². The first-order valence-electron chi connectivity index (χ1n) is 6.04. The predicted octanol–water partition coefficient (Wildman–Crippen LogP) is 3.96. The van der Waals surface area contributed by atoms with Crippen LogP contribution in [0.2, 0.25) is 5.02 Å². The second kappa shape index (κ2) is 7.04. The van der Waals surface area contributed by atoms with Crippen molar-refractivity contribution in [1.29, 1.82) is 0 Å². The van der Waals surface area contributed by atoms with E-state index in [1.54, 1.807) is 6.92 Å². The molecule has 0 spiro atoms. The summed E-state index contributed by atoms with van der Waals surface area (Å²) in [4.78, 5) is 0. The number of halogens is 4. The van der Waals surface area contributed by atoms with E-state index in [0.717, 1.165) is 0 Å². The van der Waals surface area contributed by atoms with Crippen LogP contribution in [0, 0.1) is 0 Å². The van der Waals surface area contributed by atoms with E-state index < -0.39 is 18.6 Å². The molecule has 7 heteroatoms. The van der Waals surface area contributed by atoms with E-state index >= 15 is 0 Å². The van der Waals surface area contributed by atoms with Crippen LogP contribution < -0.4 is 14.8 Å². The van der Waals surface area contributed by atoms with Crippen molar-refractivity contribution in [3.63, 3.8) is 0 Å². The Morgan fingerprint density at radius 3 is 2.20 bits per heavy atom. The molecular weight excluding hydrogens is 295 g/mol. The topological polar surface area (TPSA) is 30.5 Å². The SMILES string of the molecule is CCNC(CC(F)(F)F)c1cc(OC)c(OC)cc1Cl. The molecule has 1 N–H and O–H groups in total. The number of hydrogen-bond acceptors (Lipinski definition) is 3. The Morgan fingerprint density at radius 2 is 1.75 bits per heavy atom. The molecule has 0 heterocycles. The van der Waals surface area contributed by atoms with E-state index in [9.17, 15) is 13.2 Å². The normalized spacial score (nSPS) is 13.2. The molecule has 0 saturated carbocycles. The highest BCUT2D eigenvalue weighted by molar-refractivity contribution is 6.31. The molecule has 3 nitrogen and oxygen atoms in total. The fraction of sp³-hybridized carbons (Fsp3) is 0.538. The molecule has 1 aromatic carbocycles. The van der Waals surface area contributed by atoms with Crippen LogP contribution >= 0.6 is 11.6 Å². The van der Waals surface area contributed by atoms with Crippen molar-refractivity contribution in [2.24, 2.45) is 0 Å². The lowest BCUT2D eigenvalue weighted by Crippen LogP contribution is -2.26. The molecule has 0 bridgehead atoms. The maximum absolute atomic E-state index is 12.6. The largest absolute Gasteiger partial charge is 0.493 e. The Kier molecular flexibility index (Phi) is 5.95. The smallest absolute Gasteiger partial charge is 0.390 e. The number of methoxy groups -OCH3 is 2. The zero-order chi connectivity index (χ0) is 15.3. The zero-order valence-corrected chi connectivity index (χ0v) is 12.2. The molecule has 1 atom stereocenters. The average molecular weight is 312 g/mol. The number of nitrogens with one attached hydrogen (secondary N) is 1. The first-order chi connectivity index (χ1) is 9.32. The van der Waals surface area contributed by atoms with Crippen molar-refractivity contribution >= 4 is 11.6 Å². The highest BCUT2D eigenvalue weighted by atomic mass is 35.5. The molecule has 0 amide bonds. The van der Waals surface area contributed by atoms with Gasteiger partial charge in [0.2, 0.25) is 0 Å². The standard InChI is InChI=1S/C13H17ClF3NO2/c1-4-18-10(7-13(15,16)17)8-5-11(19-2)12(20-3)6-9(8)14/h5-6,10,18H,4,7H2,1-3H3. The molecule has 1 unspecified atom stereocenters. The summed E-state index contributed by atoms with van der Waals surface area (Å²) in [5.74, 6) is 0.723. The van der Waals surface area contributed by atoms with Gasteiger partial charge in [-0.1, -0.05) is 18.5 Å². The van der Waals surface area contributed by atoms with Gasteiger partial charge in [0.15, 0.2) is 11.5 Å². The Morgan fingerprint density at radius 1 is 1.20 bits per heavy atom. The van der Waals surface area contributed by atoms with E-state index in [0.29, 0.717) is 23.6 Å². The Hall–Kier alpha value is -1.14. The molecule has 0 saturated heterocycles. The molecule has 1 rings (SSSR count). The van der Waals surface area contributed by atoms with E-state index in [4.69, 9.17) is 21.1 Å². The summed E-state index contributed by atoms with van der Waals surface area (Å²) in [5.41, 5.74) is 0.337. The summed E-state index contributed by atoms with van der Waals surface area (Å²) in [6.45, 7) is 2.13. The lowest BCUT2D eigenvalue weighted by atomic mass is 10.0. The molecular formula is C13H17ClF3NO2. The van der Waals surface area contributed by atoms with Crippen molar-refractivity contribution in [1.82, 2.24) is 5.32 Å². The van der Waals surface area contributed by atoms with Gasteiger partial charge in [-0.25, -0.2) is 0 Å². The maximum Gasteiger partial charge on any atom is 0.390 e. The minimum atomic E-state index is -4.29. The van der Waals surface area contributed by atoms with Crippen molar-refractivity contribution in [2.45, 2.75) is 25.6 Å². The molecule has 20 heavy (non-hydrogen) atoms. The first-order valence-corrected chi connectivity index (χ1v) is 6.41. The summed E-state index contributed by atoms with van der Waals surface area (Å²) in [6.07, 6.45) is -5.29. The van der Waals surface area contributed by atoms with Crippen LogP contribution in [0.25, 0.3) is 0 Å². The molecule has 0 radical (unpaired) electrons. The lowest BCUT2D eigenvalue weighted by Gasteiger charge is -2.22. The van der Waals surface area contributed by atoms with Crippen molar-refractivity contribution in [2.75, 3.05) is 20.8 Å². The minimum Gasteiger partial charge on any atom is -0.493 e. The van der Waals surface area contributed by atoms with Gasteiger partial charge in [0.25, 0.3) is 0 Å². The second-order valence-corrected chi connectivity index (χ2v) is 4.57. The number of hydrogen-bond donors (Lipinski definition) is 1. The molecule has 114 valence electrons. The number of ether oxygens (including phenoxy) is 2. The zero-order valence-electron chi connectivity index (χ0n) is 11.5. The van der Waals surface area contributed by atoms with Crippen molar-refractivity contribution < 1.29 is 22.6 Å². The van der Waals surface area contributed by atoms with Gasteiger partial charge in [-0.15, -0.1) is 0 Å². The summed E-state index contributed by atoms with van der Waals surface area (Å²) >= 11 is 6.05. The Bertz CT molecular complexity index is 452. The number of rotatable bonds is 6. The molecule has 0 aliphatic carbocycles. The van der Waals surface area contributed by atoms with E-state index in [-0.39, 0.29) is 5.02 Å². The third-order valence-corrected chi connectivity index (χ3v) is 3.09. The quantitative estimate of drug-likeness (QED) is 0.862. The predicted molar refractivity (Wildman–Crippen MR) is 71.6 cm³/mol. The van der Waals surface area contributed by atoms with Crippen LogP contribution in [0.3, 0.4) is 0 Å². The van der Waals surface area contributed by atoms with Crippen LogP contribution in [-0.2, 0) is 0 Å². The molecule has 0 fully saturated rings. The molecule has 0 aromatic heterocycles. The minimum absolute atomic E-state index is 0.206. The molecule has 1 aromatic rings. The van der Waals surface area contributed by atoms with Crippen LogP contribution in [0.1, 0.15) is 24.9 Å². The molecule has 0 aliphatic heterocycles. The van der Waals surface area contributed by atoms with Crippen LogP contribution in [0.4, 0.5) is 13.2 Å². The van der Waals surface area contributed by atoms with Gasteiger partial charge in [0, 0.05) is 17.1 Å². The summed E-state index contributed by atoms with van der Waals surface area (Å²) in [5, 5.41) is 2.99. The fourth-order valence-electron chi connectivity index (χ4n) is 1.91. The van der Waals surface area contributed by atoms with Crippen LogP contribution in [-0.4, -0.2) is 26.9 Å². The second-order valence-electron chi connectivity index (χ2n) is 4.16. The van der Waals surface area contributed by atoms with Gasteiger partial charge in [0.1, 0.15) is 0 Å². The van der Waals surface area contributed by atoms with Gasteiger partial charge in [-0.05, 0) is 18.2 Å². The van der Waals surface area contributed by atoms with Gasteiger partial charge < -0.3 is 14.8 Å². The Labute approximate surface area is 121 Å². The summed E-state index contributed by atoms with van der Waals surface area (Å²) in [7, 11) is 2.85. The number of alkyl halides is 3. The maximum atomic E-state index is 12.6.